The smallest absolute Gasteiger partial charge is 0.238 e. The first kappa shape index (κ1) is 11.2. The number of amides is 1. The molecule has 0 heterocycles. The van der Waals surface area contributed by atoms with E-state index in [1.165, 1.54) is 0 Å². The Labute approximate surface area is 90.0 Å². The zero-order chi connectivity index (χ0) is 10.7. The lowest BCUT2D eigenvalue weighted by molar-refractivity contribution is -0.114. The highest BCUT2D eigenvalue weighted by Gasteiger charge is 2.10. The van der Waals surface area contributed by atoms with Gasteiger partial charge in [0.1, 0.15) is 5.82 Å². The zero-order valence-corrected chi connectivity index (χ0v) is 8.49. The first-order valence-electron chi connectivity index (χ1n) is 3.69. The molecule has 1 aromatic carbocycles. The molecular formula is C8H7Cl2FN2O. The molecule has 0 fully saturated rings. The van der Waals surface area contributed by atoms with E-state index in [1.54, 1.807) is 0 Å². The molecule has 6 heteroatoms. The van der Waals surface area contributed by atoms with E-state index in [9.17, 15) is 9.18 Å². The minimum atomic E-state index is -0.564. The second-order valence-corrected chi connectivity index (χ2v) is 3.31. The van der Waals surface area contributed by atoms with Gasteiger partial charge in [-0.05, 0) is 12.1 Å². The number of anilines is 1. The molecule has 3 nitrogen and oxygen atoms in total. The highest BCUT2D eigenvalue weighted by Crippen LogP contribution is 2.31. The molecule has 76 valence electrons. The third-order valence-electron chi connectivity index (χ3n) is 1.46. The SMILES string of the molecule is NCC(=O)Nc1c(Cl)cc(F)cc1Cl. The lowest BCUT2D eigenvalue weighted by Gasteiger charge is -2.07. The minimum absolute atomic E-state index is 0.0387. The first-order chi connectivity index (χ1) is 6.54. The molecular weight excluding hydrogens is 230 g/mol. The average Bonchev–Trinajstić information content (AvgIpc) is 2.10. The van der Waals surface area contributed by atoms with Crippen molar-refractivity contribution in [2.24, 2.45) is 5.73 Å². The Morgan fingerprint density at radius 3 is 2.36 bits per heavy atom. The summed E-state index contributed by atoms with van der Waals surface area (Å²) >= 11 is 11.3. The fraction of sp³-hybridized carbons (Fsp3) is 0.125. The fourth-order valence-electron chi connectivity index (χ4n) is 0.852. The predicted octanol–water partition coefficient (Wildman–Crippen LogP) is 2.03. The van der Waals surface area contributed by atoms with Crippen LogP contribution in [0.1, 0.15) is 0 Å². The van der Waals surface area contributed by atoms with Crippen molar-refractivity contribution < 1.29 is 9.18 Å². The van der Waals surface area contributed by atoms with Gasteiger partial charge in [0.05, 0.1) is 22.3 Å². The largest absolute Gasteiger partial charge is 0.322 e. The van der Waals surface area contributed by atoms with Gasteiger partial charge in [0.2, 0.25) is 5.91 Å². The number of halogens is 3. The van der Waals surface area contributed by atoms with E-state index >= 15 is 0 Å². The number of nitrogens with one attached hydrogen (secondary N) is 1. The van der Waals surface area contributed by atoms with Crippen LogP contribution in [0.4, 0.5) is 10.1 Å². The van der Waals surface area contributed by atoms with E-state index in [2.05, 4.69) is 5.32 Å². The summed E-state index contributed by atoms with van der Waals surface area (Å²) in [7, 11) is 0. The van der Waals surface area contributed by atoms with E-state index in [1.807, 2.05) is 0 Å². The van der Waals surface area contributed by atoms with E-state index in [-0.39, 0.29) is 22.3 Å². The maximum Gasteiger partial charge on any atom is 0.238 e. The number of benzene rings is 1. The van der Waals surface area contributed by atoms with Gasteiger partial charge in [0.25, 0.3) is 0 Å². The van der Waals surface area contributed by atoms with Gasteiger partial charge in [-0.15, -0.1) is 0 Å². The van der Waals surface area contributed by atoms with Crippen molar-refractivity contribution in [2.45, 2.75) is 0 Å². The molecule has 0 unspecified atom stereocenters. The molecule has 0 radical (unpaired) electrons. The molecule has 0 saturated carbocycles. The highest BCUT2D eigenvalue weighted by molar-refractivity contribution is 6.39. The van der Waals surface area contributed by atoms with Gasteiger partial charge in [0, 0.05) is 0 Å². The van der Waals surface area contributed by atoms with Crippen LogP contribution in [0.2, 0.25) is 10.0 Å². The molecule has 14 heavy (non-hydrogen) atoms. The summed E-state index contributed by atoms with van der Waals surface area (Å²) in [6.07, 6.45) is 0. The Morgan fingerprint density at radius 2 is 1.93 bits per heavy atom. The summed E-state index contributed by atoms with van der Waals surface area (Å²) in [5.41, 5.74) is 5.25. The second kappa shape index (κ2) is 4.59. The number of hydrogen-bond donors (Lipinski definition) is 2. The van der Waals surface area contributed by atoms with Crippen molar-refractivity contribution in [3.8, 4) is 0 Å². The van der Waals surface area contributed by atoms with Crippen molar-refractivity contribution in [2.75, 3.05) is 11.9 Å². The molecule has 0 aliphatic carbocycles. The van der Waals surface area contributed by atoms with Crippen LogP contribution >= 0.6 is 23.2 Å². The Morgan fingerprint density at radius 1 is 1.43 bits per heavy atom. The second-order valence-electron chi connectivity index (χ2n) is 2.50. The third kappa shape index (κ3) is 2.57. The van der Waals surface area contributed by atoms with Crippen molar-refractivity contribution in [1.29, 1.82) is 0 Å². The lowest BCUT2D eigenvalue weighted by atomic mass is 10.3. The average molecular weight is 237 g/mol. The third-order valence-corrected chi connectivity index (χ3v) is 2.05. The van der Waals surface area contributed by atoms with Gasteiger partial charge in [-0.1, -0.05) is 23.2 Å². The molecule has 0 spiro atoms. The molecule has 3 N–H and O–H groups in total. The number of carbonyl (C=O) groups excluding carboxylic acids is 1. The highest BCUT2D eigenvalue weighted by atomic mass is 35.5. The van der Waals surface area contributed by atoms with Crippen LogP contribution in [-0.4, -0.2) is 12.5 Å². The van der Waals surface area contributed by atoms with Crippen LogP contribution in [0.15, 0.2) is 12.1 Å². The monoisotopic (exact) mass is 236 g/mol. The molecule has 0 atom stereocenters. The minimum Gasteiger partial charge on any atom is -0.322 e. The fourth-order valence-corrected chi connectivity index (χ4v) is 1.41. The van der Waals surface area contributed by atoms with Crippen LogP contribution < -0.4 is 11.1 Å². The Balaban J connectivity index is 3.02. The molecule has 0 bridgehead atoms. The first-order valence-corrected chi connectivity index (χ1v) is 4.44. The van der Waals surface area contributed by atoms with Gasteiger partial charge in [-0.2, -0.15) is 0 Å². The maximum absolute atomic E-state index is 12.7. The Kier molecular flexibility index (Phi) is 3.69. The predicted molar refractivity (Wildman–Crippen MR) is 54.1 cm³/mol. The quantitative estimate of drug-likeness (QED) is 0.826. The molecule has 0 saturated heterocycles. The number of rotatable bonds is 2. The lowest BCUT2D eigenvalue weighted by Crippen LogP contribution is -2.22. The van der Waals surface area contributed by atoms with E-state index in [4.69, 9.17) is 28.9 Å². The van der Waals surface area contributed by atoms with E-state index < -0.39 is 11.7 Å². The number of hydrogen-bond acceptors (Lipinski definition) is 2. The van der Waals surface area contributed by atoms with Gasteiger partial charge >= 0.3 is 0 Å². The van der Waals surface area contributed by atoms with Crippen LogP contribution in [0.5, 0.6) is 0 Å². The van der Waals surface area contributed by atoms with Crippen molar-refractivity contribution in [3.05, 3.63) is 28.0 Å². The molecule has 0 aliphatic rings. The molecule has 1 rings (SSSR count). The van der Waals surface area contributed by atoms with Gasteiger partial charge in [0.15, 0.2) is 0 Å². The number of carbonyl (C=O) groups is 1. The molecule has 1 aromatic rings. The van der Waals surface area contributed by atoms with Crippen LogP contribution in [-0.2, 0) is 4.79 Å². The number of nitrogens with two attached hydrogens (primary N) is 1. The van der Waals surface area contributed by atoms with E-state index in [0.717, 1.165) is 12.1 Å². The molecule has 0 aliphatic heterocycles. The van der Waals surface area contributed by atoms with Crippen LogP contribution in [0.3, 0.4) is 0 Å². The van der Waals surface area contributed by atoms with Gasteiger partial charge < -0.3 is 11.1 Å². The summed E-state index contributed by atoms with van der Waals surface area (Å²) in [5.74, 6) is -1.01. The maximum atomic E-state index is 12.7. The van der Waals surface area contributed by atoms with Crippen molar-refractivity contribution in [1.82, 2.24) is 0 Å². The summed E-state index contributed by atoms with van der Waals surface area (Å²) in [6.45, 7) is -0.190. The van der Waals surface area contributed by atoms with Crippen LogP contribution in [0, 0.1) is 5.82 Å². The van der Waals surface area contributed by atoms with Crippen molar-refractivity contribution >= 4 is 34.8 Å². The Bertz CT molecular complexity index is 347. The summed E-state index contributed by atoms with van der Waals surface area (Å²) < 4.78 is 12.7. The van der Waals surface area contributed by atoms with Crippen molar-refractivity contribution in [3.63, 3.8) is 0 Å². The molecule has 1 amide bonds. The molecule has 0 aromatic heterocycles. The topological polar surface area (TPSA) is 55.1 Å². The summed E-state index contributed by atoms with van der Waals surface area (Å²) in [5, 5.41) is 2.44. The van der Waals surface area contributed by atoms with Crippen LogP contribution in [0.25, 0.3) is 0 Å². The van der Waals surface area contributed by atoms with Gasteiger partial charge in [-0.3, -0.25) is 4.79 Å². The summed E-state index contributed by atoms with van der Waals surface area (Å²) in [6, 6.07) is 2.11. The normalized spacial score (nSPS) is 10.0. The summed E-state index contributed by atoms with van der Waals surface area (Å²) in [4.78, 5) is 10.9. The van der Waals surface area contributed by atoms with Gasteiger partial charge in [-0.25, -0.2) is 4.39 Å². The Hall–Kier alpha value is -0.840. The standard InChI is InChI=1S/C8H7Cl2FN2O/c9-5-1-4(11)2-6(10)8(5)13-7(14)3-12/h1-2H,3,12H2,(H,13,14). The van der Waals surface area contributed by atoms with E-state index in [0.29, 0.717) is 0 Å². The zero-order valence-electron chi connectivity index (χ0n) is 6.98.